The number of rotatable bonds is 2. The molecule has 0 radical (unpaired) electrons. The van der Waals surface area contributed by atoms with Crippen LogP contribution in [0.5, 0.6) is 0 Å². The highest BCUT2D eigenvalue weighted by Gasteiger charge is 2.30. The molecule has 0 spiro atoms. The summed E-state index contributed by atoms with van der Waals surface area (Å²) in [6, 6.07) is 0. The second kappa shape index (κ2) is 3.07. The molecule has 1 fully saturated rings. The van der Waals surface area contributed by atoms with E-state index in [0.717, 1.165) is 18.5 Å². The van der Waals surface area contributed by atoms with Crippen molar-refractivity contribution in [3.63, 3.8) is 0 Å². The average Bonchev–Trinajstić information content (AvgIpc) is 2.85. The Bertz CT molecular complexity index is 361. The van der Waals surface area contributed by atoms with Gasteiger partial charge in [-0.1, -0.05) is 11.6 Å². The summed E-state index contributed by atoms with van der Waals surface area (Å²) >= 11 is 5.82. The first-order chi connectivity index (χ1) is 6.20. The molecule has 0 bridgehead atoms. The first kappa shape index (κ1) is 8.63. The van der Waals surface area contributed by atoms with Gasteiger partial charge in [-0.15, -0.1) is 0 Å². The Balaban J connectivity index is 2.53. The third-order valence-corrected chi connectivity index (χ3v) is 2.43. The Morgan fingerprint density at radius 3 is 2.77 bits per heavy atom. The molecule has 1 aromatic rings. The van der Waals surface area contributed by atoms with E-state index in [0.29, 0.717) is 11.5 Å². The summed E-state index contributed by atoms with van der Waals surface area (Å²) in [5, 5.41) is 0.282. The Morgan fingerprint density at radius 1 is 1.54 bits per heavy atom. The van der Waals surface area contributed by atoms with Gasteiger partial charge in [0.15, 0.2) is 5.78 Å². The molecule has 0 aliphatic heterocycles. The summed E-state index contributed by atoms with van der Waals surface area (Å²) in [6.07, 6.45) is 3.63. The number of carbonyl (C=O) groups excluding carboxylic acids is 1. The van der Waals surface area contributed by atoms with Crippen molar-refractivity contribution in [1.29, 1.82) is 0 Å². The topological polar surface area (TPSA) is 42.9 Å². The lowest BCUT2D eigenvalue weighted by Gasteiger charge is -2.04. The molecule has 0 saturated heterocycles. The standard InChI is InChI=1S/C9H9ClN2O/c1-5(13)7-8(6-2-3-6)11-4-12-9(7)10/h4,6H,2-3H2,1H3. The lowest BCUT2D eigenvalue weighted by Crippen LogP contribution is -2.03. The van der Waals surface area contributed by atoms with Crippen molar-refractivity contribution in [1.82, 2.24) is 9.97 Å². The largest absolute Gasteiger partial charge is 0.294 e. The maximum atomic E-state index is 11.3. The van der Waals surface area contributed by atoms with Gasteiger partial charge in [-0.25, -0.2) is 9.97 Å². The van der Waals surface area contributed by atoms with Crippen LogP contribution in [0.15, 0.2) is 6.33 Å². The van der Waals surface area contributed by atoms with Gasteiger partial charge >= 0.3 is 0 Å². The molecular formula is C9H9ClN2O. The van der Waals surface area contributed by atoms with Gasteiger partial charge in [0.05, 0.1) is 11.3 Å². The van der Waals surface area contributed by atoms with Gasteiger partial charge in [-0.3, -0.25) is 4.79 Å². The van der Waals surface area contributed by atoms with Crippen LogP contribution in [0.25, 0.3) is 0 Å². The van der Waals surface area contributed by atoms with Crippen LogP contribution in [0.1, 0.15) is 41.7 Å². The van der Waals surface area contributed by atoms with Gasteiger partial charge < -0.3 is 0 Å². The minimum atomic E-state index is -0.0486. The molecule has 0 amide bonds. The highest BCUT2D eigenvalue weighted by molar-refractivity contribution is 6.32. The van der Waals surface area contributed by atoms with Gasteiger partial charge in [-0.05, 0) is 19.8 Å². The molecule has 4 heteroatoms. The molecular weight excluding hydrogens is 188 g/mol. The summed E-state index contributed by atoms with van der Waals surface area (Å²) in [6.45, 7) is 1.50. The second-order valence-corrected chi connectivity index (χ2v) is 3.61. The lowest BCUT2D eigenvalue weighted by molar-refractivity contribution is 0.101. The van der Waals surface area contributed by atoms with Crippen LogP contribution in [0.3, 0.4) is 0 Å². The van der Waals surface area contributed by atoms with E-state index in [2.05, 4.69) is 9.97 Å². The highest BCUT2D eigenvalue weighted by atomic mass is 35.5. The van der Waals surface area contributed by atoms with Crippen LogP contribution in [0.4, 0.5) is 0 Å². The van der Waals surface area contributed by atoms with Crippen molar-refractivity contribution < 1.29 is 4.79 Å². The number of aromatic nitrogens is 2. The molecule has 1 aliphatic carbocycles. The molecule has 68 valence electrons. The number of nitrogens with zero attached hydrogens (tertiary/aromatic N) is 2. The molecule has 13 heavy (non-hydrogen) atoms. The second-order valence-electron chi connectivity index (χ2n) is 3.26. The van der Waals surface area contributed by atoms with E-state index in [9.17, 15) is 4.79 Å². The van der Waals surface area contributed by atoms with Crippen molar-refractivity contribution in [3.05, 3.63) is 22.7 Å². The summed E-state index contributed by atoms with van der Waals surface area (Å²) in [7, 11) is 0. The lowest BCUT2D eigenvalue weighted by atomic mass is 10.1. The molecule has 1 heterocycles. The minimum absolute atomic E-state index is 0.0486. The van der Waals surface area contributed by atoms with E-state index >= 15 is 0 Å². The van der Waals surface area contributed by atoms with Crippen molar-refractivity contribution in [2.24, 2.45) is 0 Å². The van der Waals surface area contributed by atoms with Crippen LogP contribution in [-0.4, -0.2) is 15.8 Å². The number of carbonyl (C=O) groups is 1. The predicted octanol–water partition coefficient (Wildman–Crippen LogP) is 2.21. The first-order valence-electron chi connectivity index (χ1n) is 4.21. The number of ketones is 1. The number of Topliss-reactive ketones (excluding diaryl/α,β-unsaturated/α-hetero) is 1. The van der Waals surface area contributed by atoms with Crippen molar-refractivity contribution in [3.8, 4) is 0 Å². The zero-order valence-electron chi connectivity index (χ0n) is 7.25. The Hall–Kier alpha value is -0.960. The van der Waals surface area contributed by atoms with Gasteiger partial charge in [0.25, 0.3) is 0 Å². The van der Waals surface area contributed by atoms with E-state index in [1.54, 1.807) is 0 Å². The fraction of sp³-hybridized carbons (Fsp3) is 0.444. The number of halogens is 1. The van der Waals surface area contributed by atoms with Gasteiger partial charge in [-0.2, -0.15) is 0 Å². The Morgan fingerprint density at radius 2 is 2.23 bits per heavy atom. The molecule has 1 aliphatic rings. The normalized spacial score (nSPS) is 15.8. The number of hydrogen-bond donors (Lipinski definition) is 0. The molecule has 0 N–H and O–H groups in total. The van der Waals surface area contributed by atoms with Crippen LogP contribution in [0.2, 0.25) is 5.15 Å². The average molecular weight is 197 g/mol. The Kier molecular flexibility index (Phi) is 2.04. The smallest absolute Gasteiger partial charge is 0.164 e. The molecule has 0 unspecified atom stereocenters. The van der Waals surface area contributed by atoms with Crippen molar-refractivity contribution in [2.75, 3.05) is 0 Å². The highest BCUT2D eigenvalue weighted by Crippen LogP contribution is 2.41. The van der Waals surface area contributed by atoms with E-state index in [1.807, 2.05) is 0 Å². The Labute approximate surface area is 81.2 Å². The van der Waals surface area contributed by atoms with Gasteiger partial charge in [0.2, 0.25) is 0 Å². The first-order valence-corrected chi connectivity index (χ1v) is 4.59. The molecule has 0 atom stereocenters. The summed E-state index contributed by atoms with van der Waals surface area (Å²) in [5.74, 6) is 0.381. The summed E-state index contributed by atoms with van der Waals surface area (Å²) in [5.41, 5.74) is 1.33. The molecule has 3 nitrogen and oxygen atoms in total. The molecule has 1 aromatic heterocycles. The van der Waals surface area contributed by atoms with Crippen LogP contribution in [0, 0.1) is 0 Å². The third-order valence-electron chi connectivity index (χ3n) is 2.15. The fourth-order valence-electron chi connectivity index (χ4n) is 1.37. The van der Waals surface area contributed by atoms with E-state index in [-0.39, 0.29) is 10.9 Å². The van der Waals surface area contributed by atoms with E-state index < -0.39 is 0 Å². The molecule has 1 saturated carbocycles. The van der Waals surface area contributed by atoms with Crippen LogP contribution in [-0.2, 0) is 0 Å². The fourth-order valence-corrected chi connectivity index (χ4v) is 1.64. The van der Waals surface area contributed by atoms with Gasteiger partial charge in [0, 0.05) is 5.92 Å². The van der Waals surface area contributed by atoms with E-state index in [4.69, 9.17) is 11.6 Å². The predicted molar refractivity (Wildman–Crippen MR) is 49.0 cm³/mol. The molecule has 2 rings (SSSR count). The zero-order chi connectivity index (χ0) is 9.42. The zero-order valence-corrected chi connectivity index (χ0v) is 8.01. The van der Waals surface area contributed by atoms with Crippen molar-refractivity contribution in [2.45, 2.75) is 25.7 Å². The maximum Gasteiger partial charge on any atom is 0.164 e. The van der Waals surface area contributed by atoms with Crippen molar-refractivity contribution >= 4 is 17.4 Å². The third kappa shape index (κ3) is 1.56. The maximum absolute atomic E-state index is 11.3. The van der Waals surface area contributed by atoms with Crippen LogP contribution < -0.4 is 0 Å². The number of hydrogen-bond acceptors (Lipinski definition) is 3. The summed E-state index contributed by atoms with van der Waals surface area (Å²) < 4.78 is 0. The van der Waals surface area contributed by atoms with E-state index in [1.165, 1.54) is 13.3 Å². The minimum Gasteiger partial charge on any atom is -0.294 e. The SMILES string of the molecule is CC(=O)c1c(Cl)ncnc1C1CC1. The van der Waals surface area contributed by atoms with Gasteiger partial charge in [0.1, 0.15) is 11.5 Å². The molecule has 0 aromatic carbocycles. The monoisotopic (exact) mass is 196 g/mol. The van der Waals surface area contributed by atoms with Crippen LogP contribution >= 0.6 is 11.6 Å². The summed E-state index contributed by atoms with van der Waals surface area (Å²) in [4.78, 5) is 19.2. The quantitative estimate of drug-likeness (QED) is 0.538.